The largest absolute Gasteiger partial charge is 0.339 e. The van der Waals surface area contributed by atoms with E-state index >= 15 is 0 Å². The first-order valence-corrected chi connectivity index (χ1v) is 8.62. The zero-order valence-corrected chi connectivity index (χ0v) is 13.8. The Hall–Kier alpha value is -1.10. The van der Waals surface area contributed by atoms with Crippen molar-refractivity contribution in [2.75, 3.05) is 24.5 Å². The Morgan fingerprint density at radius 2 is 1.90 bits per heavy atom. The third kappa shape index (κ3) is 4.19. The zero-order valence-electron chi connectivity index (χ0n) is 13.8. The standard InChI is InChI=1S/C16H30N4O/c1-4-12-17-14-11-9-7-8-10-13(14)15-18-16(19-21-15)20(5-2)6-3/h13-14,17H,4-12H2,1-3H3. The average molecular weight is 294 g/mol. The first-order valence-electron chi connectivity index (χ1n) is 8.62. The Labute approximate surface area is 128 Å². The summed E-state index contributed by atoms with van der Waals surface area (Å²) in [4.78, 5) is 6.82. The fourth-order valence-electron chi connectivity index (χ4n) is 3.19. The molecule has 2 rings (SSSR count). The predicted molar refractivity (Wildman–Crippen MR) is 85.8 cm³/mol. The van der Waals surface area contributed by atoms with Crippen molar-refractivity contribution >= 4 is 5.95 Å². The van der Waals surface area contributed by atoms with Gasteiger partial charge < -0.3 is 14.7 Å². The van der Waals surface area contributed by atoms with E-state index in [9.17, 15) is 0 Å². The van der Waals surface area contributed by atoms with Gasteiger partial charge in [0.15, 0.2) is 0 Å². The lowest BCUT2D eigenvalue weighted by molar-refractivity contribution is 0.304. The number of hydrogen-bond acceptors (Lipinski definition) is 5. The molecule has 120 valence electrons. The monoisotopic (exact) mass is 294 g/mol. The maximum atomic E-state index is 5.61. The molecule has 0 bridgehead atoms. The van der Waals surface area contributed by atoms with E-state index in [2.05, 4.69) is 41.1 Å². The van der Waals surface area contributed by atoms with Gasteiger partial charge in [-0.05, 0) is 44.8 Å². The number of aromatic nitrogens is 2. The molecule has 0 aromatic carbocycles. The molecule has 1 aromatic rings. The van der Waals surface area contributed by atoms with E-state index in [4.69, 9.17) is 4.52 Å². The van der Waals surface area contributed by atoms with Gasteiger partial charge in [-0.1, -0.05) is 26.2 Å². The molecule has 5 nitrogen and oxygen atoms in total. The van der Waals surface area contributed by atoms with E-state index in [0.29, 0.717) is 12.0 Å². The lowest BCUT2D eigenvalue weighted by Gasteiger charge is -2.23. The fraction of sp³-hybridized carbons (Fsp3) is 0.875. The third-order valence-electron chi connectivity index (χ3n) is 4.47. The molecule has 0 spiro atoms. The van der Waals surface area contributed by atoms with Gasteiger partial charge in [-0.15, -0.1) is 0 Å². The highest BCUT2D eigenvalue weighted by Crippen LogP contribution is 2.32. The number of nitrogens with zero attached hydrogens (tertiary/aromatic N) is 3. The van der Waals surface area contributed by atoms with Crippen LogP contribution in [0.25, 0.3) is 0 Å². The fourth-order valence-corrected chi connectivity index (χ4v) is 3.19. The smallest absolute Gasteiger partial charge is 0.266 e. The summed E-state index contributed by atoms with van der Waals surface area (Å²) in [5, 5.41) is 7.88. The highest BCUT2D eigenvalue weighted by Gasteiger charge is 2.29. The van der Waals surface area contributed by atoms with Gasteiger partial charge in [0.1, 0.15) is 0 Å². The molecule has 1 aliphatic carbocycles. The van der Waals surface area contributed by atoms with Gasteiger partial charge in [-0.3, -0.25) is 0 Å². The van der Waals surface area contributed by atoms with Crippen molar-refractivity contribution < 1.29 is 4.52 Å². The normalized spacial score (nSPS) is 23.0. The molecule has 0 amide bonds. The summed E-state index contributed by atoms with van der Waals surface area (Å²) >= 11 is 0. The van der Waals surface area contributed by atoms with Gasteiger partial charge in [-0.25, -0.2) is 0 Å². The maximum absolute atomic E-state index is 5.61. The lowest BCUT2D eigenvalue weighted by atomic mass is 9.94. The van der Waals surface area contributed by atoms with Gasteiger partial charge in [0.25, 0.3) is 5.95 Å². The molecule has 1 aliphatic rings. The SMILES string of the molecule is CCCNC1CCCCCC1c1nc(N(CC)CC)no1. The number of hydrogen-bond donors (Lipinski definition) is 1. The van der Waals surface area contributed by atoms with E-state index < -0.39 is 0 Å². The molecule has 0 aliphatic heterocycles. The molecule has 1 N–H and O–H groups in total. The van der Waals surface area contributed by atoms with Crippen molar-refractivity contribution in [3.63, 3.8) is 0 Å². The molecule has 21 heavy (non-hydrogen) atoms. The van der Waals surface area contributed by atoms with Gasteiger partial charge >= 0.3 is 0 Å². The molecule has 2 atom stereocenters. The van der Waals surface area contributed by atoms with Crippen molar-refractivity contribution in [2.24, 2.45) is 0 Å². The van der Waals surface area contributed by atoms with Crippen molar-refractivity contribution in [1.29, 1.82) is 0 Å². The minimum Gasteiger partial charge on any atom is -0.339 e. The Morgan fingerprint density at radius 1 is 1.14 bits per heavy atom. The first-order chi connectivity index (χ1) is 10.3. The molecule has 0 radical (unpaired) electrons. The van der Waals surface area contributed by atoms with Gasteiger partial charge in [0.05, 0.1) is 5.92 Å². The van der Waals surface area contributed by atoms with E-state index in [1.807, 2.05) is 0 Å². The number of rotatable bonds is 7. The highest BCUT2D eigenvalue weighted by molar-refractivity contribution is 5.27. The molecule has 2 unspecified atom stereocenters. The van der Waals surface area contributed by atoms with Crippen LogP contribution in [0, 0.1) is 0 Å². The maximum Gasteiger partial charge on any atom is 0.266 e. The van der Waals surface area contributed by atoms with Crippen LogP contribution in [0.4, 0.5) is 5.95 Å². The van der Waals surface area contributed by atoms with Gasteiger partial charge in [0.2, 0.25) is 5.89 Å². The van der Waals surface area contributed by atoms with E-state index in [0.717, 1.165) is 44.3 Å². The molecule has 1 fully saturated rings. The topological polar surface area (TPSA) is 54.2 Å². The van der Waals surface area contributed by atoms with Crippen molar-refractivity contribution in [3.8, 4) is 0 Å². The van der Waals surface area contributed by atoms with Crippen LogP contribution in [0.2, 0.25) is 0 Å². The molecule has 1 saturated carbocycles. The number of nitrogens with one attached hydrogen (secondary N) is 1. The number of anilines is 1. The van der Waals surface area contributed by atoms with Crippen LogP contribution in [-0.2, 0) is 0 Å². The second kappa shape index (κ2) is 8.37. The summed E-state index contributed by atoms with van der Waals surface area (Å²) in [7, 11) is 0. The van der Waals surface area contributed by atoms with Crippen LogP contribution >= 0.6 is 0 Å². The summed E-state index contributed by atoms with van der Waals surface area (Å²) in [5.41, 5.74) is 0. The van der Waals surface area contributed by atoms with Crippen LogP contribution in [0.15, 0.2) is 4.52 Å². The van der Waals surface area contributed by atoms with Gasteiger partial charge in [-0.2, -0.15) is 4.98 Å². The Balaban J connectivity index is 2.12. The first kappa shape index (κ1) is 16.3. The van der Waals surface area contributed by atoms with E-state index in [-0.39, 0.29) is 0 Å². The van der Waals surface area contributed by atoms with E-state index in [1.54, 1.807) is 0 Å². The van der Waals surface area contributed by atoms with Crippen molar-refractivity contribution in [1.82, 2.24) is 15.5 Å². The van der Waals surface area contributed by atoms with Crippen LogP contribution in [-0.4, -0.2) is 35.8 Å². The van der Waals surface area contributed by atoms with Crippen molar-refractivity contribution in [3.05, 3.63) is 5.89 Å². The zero-order chi connectivity index (χ0) is 15.1. The molecule has 1 heterocycles. The summed E-state index contributed by atoms with van der Waals surface area (Å²) in [6.07, 6.45) is 7.41. The molecule has 5 heteroatoms. The summed E-state index contributed by atoms with van der Waals surface area (Å²) in [6.45, 7) is 9.35. The molecular weight excluding hydrogens is 264 g/mol. The Kier molecular flexibility index (Phi) is 6.49. The van der Waals surface area contributed by atoms with Crippen LogP contribution in [0.3, 0.4) is 0 Å². The summed E-state index contributed by atoms with van der Waals surface area (Å²) < 4.78 is 5.61. The van der Waals surface area contributed by atoms with Gasteiger partial charge in [0, 0.05) is 19.1 Å². The molecule has 1 aromatic heterocycles. The third-order valence-corrected chi connectivity index (χ3v) is 4.47. The highest BCUT2D eigenvalue weighted by atomic mass is 16.5. The molecule has 0 saturated heterocycles. The van der Waals surface area contributed by atoms with Crippen LogP contribution in [0.5, 0.6) is 0 Å². The summed E-state index contributed by atoms with van der Waals surface area (Å²) in [6, 6.07) is 0.484. The molecular formula is C16H30N4O. The summed E-state index contributed by atoms with van der Waals surface area (Å²) in [5.74, 6) is 1.94. The minimum absolute atomic E-state index is 0.371. The Morgan fingerprint density at radius 3 is 2.62 bits per heavy atom. The quantitative estimate of drug-likeness (QED) is 0.782. The average Bonchev–Trinajstić information content (AvgIpc) is 2.85. The van der Waals surface area contributed by atoms with Crippen molar-refractivity contribution in [2.45, 2.75) is 71.3 Å². The van der Waals surface area contributed by atoms with Crippen LogP contribution < -0.4 is 10.2 Å². The van der Waals surface area contributed by atoms with Crippen LogP contribution in [0.1, 0.15) is 71.1 Å². The minimum atomic E-state index is 0.371. The Bertz CT molecular complexity index is 403. The second-order valence-corrected chi connectivity index (χ2v) is 5.91. The predicted octanol–water partition coefficient (Wildman–Crippen LogP) is 3.33. The second-order valence-electron chi connectivity index (χ2n) is 5.91. The van der Waals surface area contributed by atoms with E-state index in [1.165, 1.54) is 25.7 Å². The lowest BCUT2D eigenvalue weighted by Crippen LogP contribution is -2.35.